The number of rotatable bonds is 7. The van der Waals surface area contributed by atoms with Gasteiger partial charge in [0.25, 0.3) is 5.69 Å². The maximum absolute atomic E-state index is 12.1. The zero-order valence-electron chi connectivity index (χ0n) is 15.7. The van der Waals surface area contributed by atoms with E-state index in [9.17, 15) is 14.9 Å². The monoisotopic (exact) mass is 383 g/mol. The summed E-state index contributed by atoms with van der Waals surface area (Å²) in [5.74, 6) is 0.402. The molecule has 1 amide bonds. The SMILES string of the molecule is CN(C)Cc1ccc(CNC(=O)/C=C/c2cc3c(cc2[N+](=O)[O-])OCO3)cc1. The normalized spacial score (nSPS) is 12.5. The number of nitro benzene ring substituents is 1. The maximum atomic E-state index is 12.1. The largest absolute Gasteiger partial charge is 0.454 e. The number of carbonyl (C=O) groups is 1. The first-order valence-corrected chi connectivity index (χ1v) is 8.69. The first-order chi connectivity index (χ1) is 13.4. The van der Waals surface area contributed by atoms with Crippen LogP contribution in [0, 0.1) is 10.1 Å². The van der Waals surface area contributed by atoms with Gasteiger partial charge in [0, 0.05) is 19.2 Å². The molecular formula is C20H21N3O5. The minimum absolute atomic E-state index is 0.0213. The second-order valence-electron chi connectivity index (χ2n) is 6.63. The zero-order valence-corrected chi connectivity index (χ0v) is 15.7. The number of fused-ring (bicyclic) bond motifs is 1. The van der Waals surface area contributed by atoms with E-state index in [1.807, 2.05) is 38.4 Å². The van der Waals surface area contributed by atoms with Crippen molar-refractivity contribution in [3.05, 3.63) is 69.3 Å². The van der Waals surface area contributed by atoms with E-state index in [-0.39, 0.29) is 24.0 Å². The summed E-state index contributed by atoms with van der Waals surface area (Å²) in [7, 11) is 4.01. The Bertz CT molecular complexity index is 907. The fourth-order valence-electron chi connectivity index (χ4n) is 2.78. The van der Waals surface area contributed by atoms with Gasteiger partial charge in [0.1, 0.15) is 0 Å². The topological polar surface area (TPSA) is 93.9 Å². The summed E-state index contributed by atoms with van der Waals surface area (Å²) in [6, 6.07) is 10.8. The number of nitrogens with zero attached hydrogens (tertiary/aromatic N) is 2. The third-order valence-corrected chi connectivity index (χ3v) is 4.12. The van der Waals surface area contributed by atoms with E-state index in [1.54, 1.807) is 0 Å². The Labute approximate surface area is 162 Å². The van der Waals surface area contributed by atoms with E-state index < -0.39 is 4.92 Å². The molecule has 0 saturated heterocycles. The highest BCUT2D eigenvalue weighted by atomic mass is 16.7. The molecule has 2 aromatic carbocycles. The maximum Gasteiger partial charge on any atom is 0.280 e. The molecule has 0 unspecified atom stereocenters. The highest BCUT2D eigenvalue weighted by Gasteiger charge is 2.22. The zero-order chi connectivity index (χ0) is 20.1. The number of benzene rings is 2. The highest BCUT2D eigenvalue weighted by molar-refractivity contribution is 5.92. The molecule has 146 valence electrons. The minimum atomic E-state index is -0.519. The Morgan fingerprint density at radius 3 is 2.46 bits per heavy atom. The van der Waals surface area contributed by atoms with Crippen molar-refractivity contribution in [1.82, 2.24) is 10.2 Å². The number of nitrogens with one attached hydrogen (secondary N) is 1. The average molecular weight is 383 g/mol. The van der Waals surface area contributed by atoms with Crippen molar-refractivity contribution < 1.29 is 19.2 Å². The van der Waals surface area contributed by atoms with Gasteiger partial charge >= 0.3 is 0 Å². The van der Waals surface area contributed by atoms with Crippen molar-refractivity contribution in [2.45, 2.75) is 13.1 Å². The van der Waals surface area contributed by atoms with Crippen LogP contribution < -0.4 is 14.8 Å². The molecule has 0 aliphatic carbocycles. The van der Waals surface area contributed by atoms with Gasteiger partial charge in [-0.15, -0.1) is 0 Å². The summed E-state index contributed by atoms with van der Waals surface area (Å²) in [6.45, 7) is 1.24. The predicted octanol–water partition coefficient (Wildman–Crippen LogP) is 2.71. The van der Waals surface area contributed by atoms with Crippen molar-refractivity contribution in [1.29, 1.82) is 0 Å². The molecule has 0 atom stereocenters. The summed E-state index contributed by atoms with van der Waals surface area (Å²) >= 11 is 0. The lowest BCUT2D eigenvalue weighted by Crippen LogP contribution is -2.20. The minimum Gasteiger partial charge on any atom is -0.454 e. The van der Waals surface area contributed by atoms with E-state index in [4.69, 9.17) is 9.47 Å². The van der Waals surface area contributed by atoms with E-state index in [1.165, 1.54) is 29.8 Å². The first-order valence-electron chi connectivity index (χ1n) is 8.69. The van der Waals surface area contributed by atoms with Gasteiger partial charge in [0.2, 0.25) is 12.7 Å². The lowest BCUT2D eigenvalue weighted by Gasteiger charge is -2.10. The molecule has 0 aromatic heterocycles. The molecule has 28 heavy (non-hydrogen) atoms. The van der Waals surface area contributed by atoms with Gasteiger partial charge in [-0.3, -0.25) is 14.9 Å². The van der Waals surface area contributed by atoms with Gasteiger partial charge in [0.15, 0.2) is 11.5 Å². The van der Waals surface area contributed by atoms with Crippen LogP contribution in [0.15, 0.2) is 42.5 Å². The van der Waals surface area contributed by atoms with Gasteiger partial charge in [0.05, 0.1) is 16.6 Å². The van der Waals surface area contributed by atoms with Crippen LogP contribution in [0.25, 0.3) is 6.08 Å². The third kappa shape index (κ3) is 4.86. The van der Waals surface area contributed by atoms with Gasteiger partial charge in [-0.25, -0.2) is 0 Å². The van der Waals surface area contributed by atoms with Crippen LogP contribution >= 0.6 is 0 Å². The van der Waals surface area contributed by atoms with Crippen molar-refractivity contribution >= 4 is 17.7 Å². The fraction of sp³-hybridized carbons (Fsp3) is 0.250. The summed E-state index contributed by atoms with van der Waals surface area (Å²) in [6.07, 6.45) is 2.67. The van der Waals surface area contributed by atoms with Gasteiger partial charge in [-0.2, -0.15) is 0 Å². The molecule has 8 heteroatoms. The van der Waals surface area contributed by atoms with E-state index >= 15 is 0 Å². The van der Waals surface area contributed by atoms with Gasteiger partial charge < -0.3 is 19.7 Å². The van der Waals surface area contributed by atoms with Crippen LogP contribution in [0.2, 0.25) is 0 Å². The van der Waals surface area contributed by atoms with Gasteiger partial charge in [-0.1, -0.05) is 24.3 Å². The first kappa shape index (κ1) is 19.4. The predicted molar refractivity (Wildman–Crippen MR) is 104 cm³/mol. The summed E-state index contributed by atoms with van der Waals surface area (Å²) in [5.41, 5.74) is 2.29. The van der Waals surface area contributed by atoms with E-state index in [2.05, 4.69) is 10.2 Å². The smallest absolute Gasteiger partial charge is 0.280 e. The lowest BCUT2D eigenvalue weighted by atomic mass is 10.1. The molecule has 1 aliphatic rings. The molecule has 8 nitrogen and oxygen atoms in total. The van der Waals surface area contributed by atoms with Crippen molar-refractivity contribution in [3.8, 4) is 11.5 Å². The van der Waals surface area contributed by atoms with Gasteiger partial charge in [-0.05, 0) is 37.4 Å². The van der Waals surface area contributed by atoms with Crippen molar-refractivity contribution in [2.24, 2.45) is 0 Å². The van der Waals surface area contributed by atoms with Crippen LogP contribution in [0.1, 0.15) is 16.7 Å². The van der Waals surface area contributed by atoms with Crippen LogP contribution in [-0.4, -0.2) is 36.6 Å². The Morgan fingerprint density at radius 1 is 1.18 bits per heavy atom. The Balaban J connectivity index is 1.62. The molecule has 0 saturated carbocycles. The van der Waals surface area contributed by atoms with Crippen LogP contribution in [0.3, 0.4) is 0 Å². The summed E-state index contributed by atoms with van der Waals surface area (Å²) in [4.78, 5) is 24.9. The van der Waals surface area contributed by atoms with Crippen LogP contribution in [-0.2, 0) is 17.9 Å². The second-order valence-corrected chi connectivity index (χ2v) is 6.63. The lowest BCUT2D eigenvalue weighted by molar-refractivity contribution is -0.385. The summed E-state index contributed by atoms with van der Waals surface area (Å²) < 4.78 is 10.4. The Morgan fingerprint density at radius 2 is 1.82 bits per heavy atom. The molecule has 1 aliphatic heterocycles. The second kappa shape index (κ2) is 8.53. The number of ether oxygens (including phenoxy) is 2. The number of carbonyl (C=O) groups excluding carboxylic acids is 1. The van der Waals surface area contributed by atoms with Crippen LogP contribution in [0.5, 0.6) is 11.5 Å². The molecular weight excluding hydrogens is 362 g/mol. The van der Waals surface area contributed by atoms with Crippen molar-refractivity contribution in [3.63, 3.8) is 0 Å². The number of nitro groups is 1. The molecule has 2 aromatic rings. The molecule has 0 spiro atoms. The standard InChI is InChI=1S/C20H21N3O5/c1-22(2)12-15-5-3-14(4-6-15)11-21-20(24)8-7-16-9-18-19(28-13-27-18)10-17(16)23(25)26/h3-10H,11-13H2,1-2H3,(H,21,24)/b8-7+. The Hall–Kier alpha value is -3.39. The van der Waals surface area contributed by atoms with E-state index in [0.717, 1.165) is 12.1 Å². The fourth-order valence-corrected chi connectivity index (χ4v) is 2.78. The number of hydrogen-bond acceptors (Lipinski definition) is 6. The summed E-state index contributed by atoms with van der Waals surface area (Å²) in [5, 5.41) is 14.0. The van der Waals surface area contributed by atoms with Crippen LogP contribution in [0.4, 0.5) is 5.69 Å². The number of amides is 1. The Kier molecular flexibility index (Phi) is 5.90. The molecule has 0 radical (unpaired) electrons. The molecule has 0 bridgehead atoms. The van der Waals surface area contributed by atoms with Crippen molar-refractivity contribution in [2.75, 3.05) is 20.9 Å². The molecule has 1 heterocycles. The quantitative estimate of drug-likeness (QED) is 0.449. The molecule has 1 N–H and O–H groups in total. The highest BCUT2D eigenvalue weighted by Crippen LogP contribution is 2.38. The third-order valence-electron chi connectivity index (χ3n) is 4.12. The van der Waals surface area contributed by atoms with E-state index in [0.29, 0.717) is 18.0 Å². The molecule has 3 rings (SSSR count). The number of hydrogen-bond donors (Lipinski definition) is 1. The average Bonchev–Trinajstić information content (AvgIpc) is 3.12. The molecule has 0 fully saturated rings.